The number of hydrogen-bond acceptors (Lipinski definition) is 4. The number of rotatable bonds is 9. The lowest BCUT2D eigenvalue weighted by Gasteiger charge is -2.23. The van der Waals surface area contributed by atoms with Gasteiger partial charge in [0.05, 0.1) is 18.2 Å². The number of aliphatic carboxylic acids is 1. The first-order valence-corrected chi connectivity index (χ1v) is 8.66. The summed E-state index contributed by atoms with van der Waals surface area (Å²) < 4.78 is 32.3. The lowest BCUT2D eigenvalue weighted by atomic mass is 10.1. The molecule has 27 heavy (non-hydrogen) atoms. The van der Waals surface area contributed by atoms with E-state index in [4.69, 9.17) is 9.52 Å². The smallest absolute Gasteiger partial charge is 0.305 e. The van der Waals surface area contributed by atoms with Crippen LogP contribution >= 0.6 is 0 Å². The number of carboxylic acid groups (broad SMARTS) is 1. The number of oxazole rings is 1. The summed E-state index contributed by atoms with van der Waals surface area (Å²) in [6.45, 7) is 4.49. The minimum Gasteiger partial charge on any atom is -0.481 e. The molecule has 1 aromatic heterocycles. The summed E-state index contributed by atoms with van der Waals surface area (Å²) in [6.07, 6.45) is 1.50. The van der Waals surface area contributed by atoms with Gasteiger partial charge in [-0.05, 0) is 18.1 Å². The molecule has 8 heteroatoms. The van der Waals surface area contributed by atoms with Gasteiger partial charge in [0.2, 0.25) is 5.91 Å². The number of hydrogen-bond donors (Lipinski definition) is 1. The maximum atomic E-state index is 13.8. The van der Waals surface area contributed by atoms with Gasteiger partial charge in [-0.25, -0.2) is 13.8 Å². The van der Waals surface area contributed by atoms with E-state index in [0.29, 0.717) is 6.54 Å². The average molecular weight is 380 g/mol. The van der Waals surface area contributed by atoms with Gasteiger partial charge in [0.25, 0.3) is 0 Å². The first kappa shape index (κ1) is 20.5. The molecule has 1 N–H and O–H groups in total. The van der Waals surface area contributed by atoms with Crippen LogP contribution in [0.1, 0.15) is 32.6 Å². The molecular weight excluding hydrogens is 358 g/mol. The van der Waals surface area contributed by atoms with Crippen LogP contribution in [0.3, 0.4) is 0 Å². The van der Waals surface area contributed by atoms with Gasteiger partial charge in [-0.15, -0.1) is 0 Å². The Hall–Kier alpha value is -2.77. The van der Waals surface area contributed by atoms with Crippen LogP contribution < -0.4 is 0 Å². The topological polar surface area (TPSA) is 83.6 Å². The van der Waals surface area contributed by atoms with E-state index >= 15 is 0 Å². The summed E-state index contributed by atoms with van der Waals surface area (Å²) in [7, 11) is 0. The van der Waals surface area contributed by atoms with E-state index in [2.05, 4.69) is 4.98 Å². The minimum absolute atomic E-state index is 0.0874. The van der Waals surface area contributed by atoms with Crippen LogP contribution in [0.2, 0.25) is 0 Å². The number of aryl methyl sites for hydroxylation is 1. The standard InChI is InChI=1S/C19H22F2N2O4/c1-12(2)11-23(8-7-19(25)26)18(24)6-5-17-22-10-16(27-17)14-4-3-13(20)9-15(14)21/h3-4,9-10,12H,5-8,11H2,1-2H3,(H,25,26). The predicted octanol–water partition coefficient (Wildman–Crippen LogP) is 3.51. The first-order chi connectivity index (χ1) is 12.8. The Morgan fingerprint density at radius 3 is 2.63 bits per heavy atom. The summed E-state index contributed by atoms with van der Waals surface area (Å²) >= 11 is 0. The van der Waals surface area contributed by atoms with Crippen molar-refractivity contribution >= 4 is 11.9 Å². The molecule has 1 amide bonds. The van der Waals surface area contributed by atoms with Crippen LogP contribution in [-0.2, 0) is 16.0 Å². The maximum absolute atomic E-state index is 13.8. The second kappa shape index (κ2) is 9.25. The van der Waals surface area contributed by atoms with Crippen molar-refractivity contribution in [1.82, 2.24) is 9.88 Å². The second-order valence-electron chi connectivity index (χ2n) is 6.62. The van der Waals surface area contributed by atoms with Crippen molar-refractivity contribution in [3.63, 3.8) is 0 Å². The fourth-order valence-electron chi connectivity index (χ4n) is 2.60. The third kappa shape index (κ3) is 6.16. The van der Waals surface area contributed by atoms with Crippen molar-refractivity contribution < 1.29 is 27.9 Å². The van der Waals surface area contributed by atoms with Crippen molar-refractivity contribution in [2.24, 2.45) is 5.92 Å². The molecule has 0 aliphatic carbocycles. The van der Waals surface area contributed by atoms with Crippen LogP contribution in [0, 0.1) is 17.6 Å². The van der Waals surface area contributed by atoms with Crippen molar-refractivity contribution in [2.45, 2.75) is 33.1 Å². The minimum atomic E-state index is -0.963. The molecule has 0 atom stereocenters. The van der Waals surface area contributed by atoms with Gasteiger partial charge in [-0.2, -0.15) is 0 Å². The zero-order valence-corrected chi connectivity index (χ0v) is 15.2. The fourth-order valence-corrected chi connectivity index (χ4v) is 2.60. The molecule has 0 unspecified atom stereocenters. The van der Waals surface area contributed by atoms with Gasteiger partial charge in [0, 0.05) is 32.0 Å². The summed E-state index contributed by atoms with van der Waals surface area (Å²) in [5.74, 6) is -1.99. The van der Waals surface area contributed by atoms with E-state index in [1.54, 1.807) is 0 Å². The molecule has 0 fully saturated rings. The quantitative estimate of drug-likeness (QED) is 0.720. The van der Waals surface area contributed by atoms with Crippen LogP contribution in [0.15, 0.2) is 28.8 Å². The molecule has 0 radical (unpaired) electrons. The SMILES string of the molecule is CC(C)CN(CCC(=O)O)C(=O)CCc1ncc(-c2ccc(F)cc2F)o1. The van der Waals surface area contributed by atoms with Gasteiger partial charge in [-0.1, -0.05) is 13.8 Å². The first-order valence-electron chi connectivity index (χ1n) is 8.66. The van der Waals surface area contributed by atoms with Crippen molar-refractivity contribution in [1.29, 1.82) is 0 Å². The molecule has 1 aromatic carbocycles. The molecule has 0 aliphatic rings. The van der Waals surface area contributed by atoms with Crippen molar-refractivity contribution in [3.8, 4) is 11.3 Å². The normalized spacial score (nSPS) is 11.0. The van der Waals surface area contributed by atoms with Crippen LogP contribution in [-0.4, -0.2) is 40.0 Å². The maximum Gasteiger partial charge on any atom is 0.305 e. The molecule has 146 valence electrons. The number of halogens is 2. The molecule has 2 rings (SSSR count). The van der Waals surface area contributed by atoms with Crippen LogP contribution in [0.25, 0.3) is 11.3 Å². The third-order valence-corrected chi connectivity index (χ3v) is 3.84. The van der Waals surface area contributed by atoms with Gasteiger partial charge >= 0.3 is 5.97 Å². The molecule has 0 bridgehead atoms. The van der Waals surface area contributed by atoms with E-state index in [9.17, 15) is 18.4 Å². The molecular formula is C19H22F2N2O4. The zero-order valence-electron chi connectivity index (χ0n) is 15.2. The number of carbonyl (C=O) groups is 2. The van der Waals surface area contributed by atoms with E-state index in [-0.39, 0.29) is 54.8 Å². The molecule has 0 aliphatic heterocycles. The Morgan fingerprint density at radius 2 is 2.00 bits per heavy atom. The monoisotopic (exact) mass is 380 g/mol. The highest BCUT2D eigenvalue weighted by Gasteiger charge is 2.18. The Balaban J connectivity index is 1.99. The van der Waals surface area contributed by atoms with Gasteiger partial charge in [0.1, 0.15) is 11.6 Å². The van der Waals surface area contributed by atoms with Gasteiger partial charge in [-0.3, -0.25) is 9.59 Å². The van der Waals surface area contributed by atoms with Gasteiger partial charge in [0.15, 0.2) is 11.7 Å². The number of nitrogens with zero attached hydrogens (tertiary/aromatic N) is 2. The Labute approximate surface area is 155 Å². The summed E-state index contributed by atoms with van der Waals surface area (Å²) in [6, 6.07) is 3.14. The van der Waals surface area contributed by atoms with E-state index < -0.39 is 17.6 Å². The largest absolute Gasteiger partial charge is 0.481 e. The Kier molecular flexibility index (Phi) is 7.04. The summed E-state index contributed by atoms with van der Waals surface area (Å²) in [4.78, 5) is 28.7. The van der Waals surface area contributed by atoms with E-state index in [0.717, 1.165) is 12.1 Å². The number of carbonyl (C=O) groups excluding carboxylic acids is 1. The Bertz CT molecular complexity index is 805. The lowest BCUT2D eigenvalue weighted by Crippen LogP contribution is -2.36. The summed E-state index contributed by atoms with van der Waals surface area (Å²) in [5.41, 5.74) is 0.0874. The number of carboxylic acids is 1. The lowest BCUT2D eigenvalue weighted by molar-refractivity contribution is -0.138. The summed E-state index contributed by atoms with van der Waals surface area (Å²) in [5, 5.41) is 8.82. The molecule has 0 saturated heterocycles. The van der Waals surface area contributed by atoms with E-state index in [1.165, 1.54) is 17.2 Å². The second-order valence-corrected chi connectivity index (χ2v) is 6.62. The highest BCUT2D eigenvalue weighted by Crippen LogP contribution is 2.24. The molecule has 2 aromatic rings. The van der Waals surface area contributed by atoms with Crippen molar-refractivity contribution in [3.05, 3.63) is 41.9 Å². The number of aromatic nitrogens is 1. The highest BCUT2D eigenvalue weighted by atomic mass is 19.1. The average Bonchev–Trinajstić information content (AvgIpc) is 3.04. The predicted molar refractivity (Wildman–Crippen MR) is 93.8 cm³/mol. The highest BCUT2D eigenvalue weighted by molar-refractivity contribution is 5.77. The van der Waals surface area contributed by atoms with Crippen molar-refractivity contribution in [2.75, 3.05) is 13.1 Å². The van der Waals surface area contributed by atoms with E-state index in [1.807, 2.05) is 13.8 Å². The Morgan fingerprint density at radius 1 is 1.26 bits per heavy atom. The van der Waals surface area contributed by atoms with Crippen LogP contribution in [0.5, 0.6) is 0 Å². The zero-order chi connectivity index (χ0) is 20.0. The number of benzene rings is 1. The third-order valence-electron chi connectivity index (χ3n) is 3.84. The molecule has 0 spiro atoms. The fraction of sp³-hybridized carbons (Fsp3) is 0.421. The molecule has 0 saturated carbocycles. The van der Waals surface area contributed by atoms with Gasteiger partial charge < -0.3 is 14.4 Å². The molecule has 1 heterocycles. The number of amides is 1. The molecule has 6 nitrogen and oxygen atoms in total. The van der Waals surface area contributed by atoms with Crippen LogP contribution in [0.4, 0.5) is 8.78 Å².